The number of ketones is 1. The summed E-state index contributed by atoms with van der Waals surface area (Å²) in [5, 5.41) is 14.6. The molecule has 4 saturated carbocycles. The number of nitrogens with one attached hydrogen (secondary N) is 2. The lowest BCUT2D eigenvalue weighted by Gasteiger charge is -2.56. The molecule has 2 amide bonds. The molecule has 0 heterocycles. The Morgan fingerprint density at radius 3 is 2.22 bits per heavy atom. The van der Waals surface area contributed by atoms with E-state index in [2.05, 4.69) is 10.6 Å². The second kappa shape index (κ2) is 13.3. The van der Waals surface area contributed by atoms with Crippen molar-refractivity contribution in [3.05, 3.63) is 35.5 Å². The number of carbonyl (C=O) groups is 4. The van der Waals surface area contributed by atoms with Crippen LogP contribution >= 0.6 is 11.8 Å². The molecule has 0 unspecified atom stereocenters. The molecular weight excluding hydrogens is 544 g/mol. The number of amides is 2. The molecule has 0 aromatic heterocycles. The lowest BCUT2D eigenvalue weighted by Crippen LogP contribution is -2.50. The van der Waals surface area contributed by atoms with Gasteiger partial charge in [-0.3, -0.25) is 14.4 Å². The topological polar surface area (TPSA) is 131 Å². The van der Waals surface area contributed by atoms with Crippen molar-refractivity contribution in [3.8, 4) is 11.5 Å². The number of aliphatic carboxylic acids is 1. The number of allylic oxidation sites excluding steroid dienone is 1. The van der Waals surface area contributed by atoms with Crippen LogP contribution in [0.1, 0.15) is 57.9 Å². The predicted molar refractivity (Wildman–Crippen MR) is 157 cm³/mol. The smallest absolute Gasteiger partial charge is 0.330 e. The lowest BCUT2D eigenvalue weighted by molar-refractivity contribution is -0.132. The Bertz CT molecular complexity index is 1160. The fourth-order valence-electron chi connectivity index (χ4n) is 7.38. The Labute approximate surface area is 246 Å². The highest BCUT2D eigenvalue weighted by molar-refractivity contribution is 8.00. The van der Waals surface area contributed by atoms with Gasteiger partial charge in [0.15, 0.2) is 5.78 Å². The van der Waals surface area contributed by atoms with E-state index in [0.29, 0.717) is 17.1 Å². The van der Waals surface area contributed by atoms with Crippen molar-refractivity contribution in [2.24, 2.45) is 29.1 Å². The molecule has 1 aromatic carbocycles. The van der Waals surface area contributed by atoms with Crippen LogP contribution in [-0.4, -0.2) is 60.4 Å². The minimum atomic E-state index is -1.32. The average Bonchev–Trinajstić information content (AvgIpc) is 2.89. The van der Waals surface area contributed by atoms with Crippen LogP contribution in [0, 0.1) is 29.1 Å². The first-order chi connectivity index (χ1) is 19.5. The van der Waals surface area contributed by atoms with E-state index in [9.17, 15) is 24.3 Å². The summed E-state index contributed by atoms with van der Waals surface area (Å²) in [5.74, 6) is 1.34. The van der Waals surface area contributed by atoms with Crippen LogP contribution in [0.4, 0.5) is 0 Å². The zero-order valence-electron chi connectivity index (χ0n) is 24.4. The molecule has 1 aromatic rings. The highest BCUT2D eigenvalue weighted by Gasteiger charge is 2.50. The third-order valence-electron chi connectivity index (χ3n) is 8.74. The maximum absolute atomic E-state index is 13.2. The van der Waals surface area contributed by atoms with Gasteiger partial charge in [0.05, 0.1) is 38.2 Å². The van der Waals surface area contributed by atoms with Gasteiger partial charge < -0.3 is 25.2 Å². The number of thioether (sulfide) groups is 1. The number of hydrogen-bond donors (Lipinski definition) is 3. The SMILES string of the molecule is COc1ccc(OC)c(CC(=O)N[C@H](C(=O)N/C(=C/C(=O)O)C(=O)CSCC23CC4CC(CC(C4)C2)C3)C(C)C)c1. The molecule has 4 aliphatic carbocycles. The number of benzene rings is 1. The summed E-state index contributed by atoms with van der Waals surface area (Å²) in [7, 11) is 3.03. The molecule has 0 spiro atoms. The normalized spacial score (nSPS) is 25.5. The summed E-state index contributed by atoms with van der Waals surface area (Å²) in [6.07, 6.45) is 8.41. The number of carboxylic acids is 1. The first kappa shape index (κ1) is 30.9. The number of ether oxygens (including phenoxy) is 2. The summed E-state index contributed by atoms with van der Waals surface area (Å²) >= 11 is 1.54. The van der Waals surface area contributed by atoms with E-state index >= 15 is 0 Å². The molecule has 1 atom stereocenters. The highest BCUT2D eigenvalue weighted by atomic mass is 32.2. The third kappa shape index (κ3) is 7.84. The molecule has 0 radical (unpaired) electrons. The molecule has 4 bridgehead atoms. The molecule has 0 aliphatic heterocycles. The Morgan fingerprint density at radius 1 is 1.05 bits per heavy atom. The second-order valence-corrected chi connectivity index (χ2v) is 13.3. The largest absolute Gasteiger partial charge is 0.497 e. The van der Waals surface area contributed by atoms with Crippen LogP contribution in [0.25, 0.3) is 0 Å². The van der Waals surface area contributed by atoms with Crippen LogP contribution in [-0.2, 0) is 25.6 Å². The third-order valence-corrected chi connectivity index (χ3v) is 10.0. The van der Waals surface area contributed by atoms with E-state index in [1.807, 2.05) is 0 Å². The summed E-state index contributed by atoms with van der Waals surface area (Å²) < 4.78 is 10.6. The van der Waals surface area contributed by atoms with E-state index in [-0.39, 0.29) is 29.2 Å². The molecule has 4 fully saturated rings. The van der Waals surface area contributed by atoms with Gasteiger partial charge in [-0.15, -0.1) is 0 Å². The van der Waals surface area contributed by atoms with Crippen LogP contribution in [0.15, 0.2) is 30.0 Å². The maximum atomic E-state index is 13.2. The van der Waals surface area contributed by atoms with E-state index in [1.54, 1.807) is 32.0 Å². The van der Waals surface area contributed by atoms with Crippen LogP contribution in [0.5, 0.6) is 11.5 Å². The first-order valence-corrected chi connectivity index (χ1v) is 15.5. The molecule has 5 rings (SSSR count). The Kier molecular flexibility index (Phi) is 10.0. The first-order valence-electron chi connectivity index (χ1n) is 14.4. The van der Waals surface area contributed by atoms with E-state index in [4.69, 9.17) is 9.47 Å². The van der Waals surface area contributed by atoms with Crippen molar-refractivity contribution >= 4 is 35.3 Å². The molecule has 224 valence electrons. The fourth-order valence-corrected chi connectivity index (χ4v) is 8.61. The number of rotatable bonds is 14. The lowest BCUT2D eigenvalue weighted by atomic mass is 9.50. The van der Waals surface area contributed by atoms with Crippen molar-refractivity contribution in [1.29, 1.82) is 0 Å². The van der Waals surface area contributed by atoms with Crippen molar-refractivity contribution in [2.75, 3.05) is 25.7 Å². The zero-order chi connectivity index (χ0) is 29.7. The summed E-state index contributed by atoms with van der Waals surface area (Å²) in [5.41, 5.74) is 0.609. The quantitative estimate of drug-likeness (QED) is 0.279. The highest BCUT2D eigenvalue weighted by Crippen LogP contribution is 2.60. The van der Waals surface area contributed by atoms with Crippen LogP contribution < -0.4 is 20.1 Å². The number of Topliss-reactive ketones (excluding diaryl/α,β-unsaturated/α-hetero) is 1. The number of carboxylic acid groups (broad SMARTS) is 1. The molecule has 0 saturated heterocycles. The summed E-state index contributed by atoms with van der Waals surface area (Å²) in [6.45, 7) is 3.53. The monoisotopic (exact) mass is 586 g/mol. The van der Waals surface area contributed by atoms with Gasteiger partial charge in [0.25, 0.3) is 0 Å². The van der Waals surface area contributed by atoms with Crippen LogP contribution in [0.3, 0.4) is 0 Å². The van der Waals surface area contributed by atoms with Crippen molar-refractivity contribution in [1.82, 2.24) is 10.6 Å². The van der Waals surface area contributed by atoms with Gasteiger partial charge in [0.1, 0.15) is 17.5 Å². The van der Waals surface area contributed by atoms with Crippen molar-refractivity contribution in [3.63, 3.8) is 0 Å². The predicted octanol–water partition coefficient (Wildman–Crippen LogP) is 3.99. The fraction of sp³-hybridized carbons (Fsp3) is 0.613. The molecular formula is C31H42N2O7S. The molecule has 10 heteroatoms. The van der Waals surface area contributed by atoms with Gasteiger partial charge in [-0.1, -0.05) is 13.8 Å². The number of hydrogen-bond acceptors (Lipinski definition) is 7. The maximum Gasteiger partial charge on any atom is 0.330 e. The van der Waals surface area contributed by atoms with Gasteiger partial charge in [-0.05, 0) is 91.6 Å². The summed E-state index contributed by atoms with van der Waals surface area (Å²) in [6, 6.07) is 4.13. The zero-order valence-corrected chi connectivity index (χ0v) is 25.2. The van der Waals surface area contributed by atoms with E-state index in [1.165, 1.54) is 64.5 Å². The standard InChI is InChI=1S/C31H42N2O7S/c1-18(2)29(33-27(35)11-22-10-23(39-3)5-6-26(22)40-4)30(38)32-24(12-28(36)37)25(34)16-41-17-31-13-19-7-20(14-31)9-21(8-19)15-31/h5-6,10,12,18-21,29H,7-9,11,13-17H2,1-4H3,(H,32,38)(H,33,35)(H,36,37)/b24-12+/t19?,20?,21?,29-,31?/m0/s1. The minimum absolute atomic E-state index is 0.0609. The second-order valence-electron chi connectivity index (χ2n) is 12.4. The number of methoxy groups -OCH3 is 2. The molecule has 4 aliphatic rings. The Balaban J connectivity index is 1.36. The van der Waals surface area contributed by atoms with Gasteiger partial charge in [0, 0.05) is 5.56 Å². The van der Waals surface area contributed by atoms with Crippen molar-refractivity contribution in [2.45, 2.75) is 64.8 Å². The average molecular weight is 587 g/mol. The van der Waals surface area contributed by atoms with E-state index < -0.39 is 29.6 Å². The minimum Gasteiger partial charge on any atom is -0.497 e. The Morgan fingerprint density at radius 2 is 1.68 bits per heavy atom. The molecule has 9 nitrogen and oxygen atoms in total. The van der Waals surface area contributed by atoms with Crippen molar-refractivity contribution < 1.29 is 33.8 Å². The van der Waals surface area contributed by atoms with Gasteiger partial charge in [0.2, 0.25) is 11.8 Å². The van der Waals surface area contributed by atoms with Gasteiger partial charge in [-0.2, -0.15) is 11.8 Å². The molecule has 3 N–H and O–H groups in total. The van der Waals surface area contributed by atoms with Crippen LogP contribution in [0.2, 0.25) is 0 Å². The van der Waals surface area contributed by atoms with Gasteiger partial charge in [-0.25, -0.2) is 4.79 Å². The Hall–Kier alpha value is -3.01. The van der Waals surface area contributed by atoms with Gasteiger partial charge >= 0.3 is 5.97 Å². The molecule has 41 heavy (non-hydrogen) atoms. The number of carbonyl (C=O) groups excluding carboxylic acids is 3. The van der Waals surface area contributed by atoms with E-state index in [0.717, 1.165) is 29.6 Å². The summed E-state index contributed by atoms with van der Waals surface area (Å²) in [4.78, 5) is 50.8.